The van der Waals surface area contributed by atoms with Crippen LogP contribution >= 0.6 is 11.3 Å². The highest BCUT2D eigenvalue weighted by molar-refractivity contribution is 7.11. The summed E-state index contributed by atoms with van der Waals surface area (Å²) in [5.74, 6) is -4.07. The number of H-pyrrole nitrogens is 4. The van der Waals surface area contributed by atoms with Crippen LogP contribution in [0.25, 0.3) is 92.2 Å². The Labute approximate surface area is 605 Å². The highest BCUT2D eigenvalue weighted by Gasteiger charge is 2.45. The number of rotatable bonds is 18. The molecule has 538 valence electrons. The molecule has 2 unspecified atom stereocenters. The van der Waals surface area contributed by atoms with Gasteiger partial charge in [0.05, 0.1) is 79.3 Å². The van der Waals surface area contributed by atoms with Crippen molar-refractivity contribution in [2.24, 2.45) is 23.2 Å². The van der Waals surface area contributed by atoms with Crippen molar-refractivity contribution in [2.75, 3.05) is 21.3 Å². The Morgan fingerprint density at radius 1 is 0.472 bits per heavy atom. The Bertz CT molecular complexity index is 5490. The normalized spacial score (nSPS) is 14.3. The minimum Gasteiger partial charge on any atom is -0.323 e. The van der Waals surface area contributed by atoms with Crippen molar-refractivity contribution in [2.45, 2.75) is 59.8 Å². The number of aromatic nitrogens is 9. The summed E-state index contributed by atoms with van der Waals surface area (Å²) in [6.07, 6.45) is 19.5. The maximum atomic E-state index is 14.3. The lowest BCUT2D eigenvalue weighted by molar-refractivity contribution is -0.121. The predicted octanol–water partition coefficient (Wildman–Crippen LogP) is 19.5. The molecule has 8 N–H and O–H groups in total. The van der Waals surface area contributed by atoms with Gasteiger partial charge in [-0.05, 0) is 157 Å². The Morgan fingerprint density at radius 3 is 1.09 bits per heavy atom. The first-order valence-corrected chi connectivity index (χ1v) is 34.5. The number of thiazole rings is 1. The largest absolute Gasteiger partial charge is 0.323 e. The van der Waals surface area contributed by atoms with E-state index in [1.54, 1.807) is 115 Å². The van der Waals surface area contributed by atoms with Crippen molar-refractivity contribution in [3.8, 4) is 0 Å². The molecule has 2 saturated carbocycles. The van der Waals surface area contributed by atoms with Crippen molar-refractivity contribution in [1.29, 1.82) is 0 Å². The van der Waals surface area contributed by atoms with E-state index < -0.39 is 29.2 Å². The standard InChI is InChI=1S/C21H21F2N3O.2C20H17F2N3O.C19H12F2N4OS/c1-3-14(4-2)21(27)24-20-11-16-18(25-26-19(16)12-17(20)23)10-7-13-5-8-15(22)9-6-13;1-11-8-14(11)20(26)23-19-9-15-17(24-25-18(15)10-16(19)22)7-4-12-2-5-13(21)6-3-12;1-20(8-9-20)19(26)23-18-10-14-16(24-25-17(14)11-15(18)22)7-4-12-2-5-13(21)6-3-12;20-12-4-1-11(2-5-12)3-6-15-13-7-17(14(21)8-16(13)25-24-15)23-19(26)18-9-22-10-27-18/h5-12,14H,3-4H2,1-2H3,(H,24,27)(H,25,26);2-7,9-11,14H,8H2,1H3,(H,23,26)(H,24,25);2-7,10-11H,8-9H2,1H3,(H,23,26)(H,24,25);1-10H,(H,23,26)(H,24,25)/b10-7+;2*7-4+;6-3+. The van der Waals surface area contributed by atoms with Crippen molar-refractivity contribution in [3.63, 3.8) is 0 Å². The minimum absolute atomic E-state index is 0.0349. The van der Waals surface area contributed by atoms with Crippen molar-refractivity contribution in [3.05, 3.63) is 254 Å². The number of nitrogens with zero attached hydrogens (tertiary/aromatic N) is 5. The Morgan fingerprint density at radius 2 is 0.792 bits per heavy atom. The topological polar surface area (TPSA) is 244 Å². The molecule has 15 rings (SSSR count). The fourth-order valence-electron chi connectivity index (χ4n) is 11.1. The number of anilines is 4. The molecule has 5 heterocycles. The molecule has 13 aromatic rings. The molecule has 0 saturated heterocycles. The van der Waals surface area contributed by atoms with Crippen LogP contribution in [0.5, 0.6) is 0 Å². The first-order valence-electron chi connectivity index (χ1n) is 33.7. The van der Waals surface area contributed by atoms with E-state index in [1.807, 2.05) is 27.7 Å². The number of carbonyl (C=O) groups is 4. The average molecular weight is 1460 g/mol. The lowest BCUT2D eigenvalue weighted by atomic mass is 10.0. The van der Waals surface area contributed by atoms with Gasteiger partial charge in [-0.1, -0.05) is 101 Å². The quantitative estimate of drug-likeness (QED) is 0.0380. The third-order valence-electron chi connectivity index (χ3n) is 18.0. The van der Waals surface area contributed by atoms with Gasteiger partial charge in [0.25, 0.3) is 5.91 Å². The van der Waals surface area contributed by atoms with E-state index in [0.717, 1.165) is 41.5 Å². The predicted molar refractivity (Wildman–Crippen MR) is 400 cm³/mol. The van der Waals surface area contributed by atoms with Gasteiger partial charge in [-0.25, -0.2) is 35.1 Å². The van der Waals surface area contributed by atoms with Gasteiger partial charge in [0.2, 0.25) is 17.7 Å². The number of halogens is 8. The Kier molecular flexibility index (Phi) is 22.5. The van der Waals surface area contributed by atoms with Crippen LogP contribution < -0.4 is 21.3 Å². The Hall–Kier alpha value is -12.5. The second-order valence-electron chi connectivity index (χ2n) is 25.6. The summed E-state index contributed by atoms with van der Waals surface area (Å²) in [4.78, 5) is 52.9. The molecule has 0 spiro atoms. The summed E-state index contributed by atoms with van der Waals surface area (Å²) in [5.41, 5.74) is 9.40. The van der Waals surface area contributed by atoms with Gasteiger partial charge in [-0.2, -0.15) is 20.4 Å². The molecule has 8 aromatic carbocycles. The lowest BCUT2D eigenvalue weighted by Gasteiger charge is -2.13. The van der Waals surface area contributed by atoms with Crippen molar-refractivity contribution < 1.29 is 54.3 Å². The second kappa shape index (κ2) is 32.5. The van der Waals surface area contributed by atoms with E-state index in [9.17, 15) is 54.3 Å². The number of benzene rings is 8. The van der Waals surface area contributed by atoms with Crippen molar-refractivity contribution >= 4 is 150 Å². The van der Waals surface area contributed by atoms with E-state index in [-0.39, 0.29) is 81.0 Å². The minimum atomic E-state index is -0.571. The SMILES string of the molecule is CC1(C(=O)Nc2cc3c(/C=C/c4ccc(F)cc4)n[nH]c3cc2F)CC1.CC1CC1C(=O)Nc1cc2c(/C=C/c3ccc(F)cc3)n[nH]c2cc1F.CCC(CC)C(=O)Nc1cc2c(/C=C/c3ccc(F)cc3)n[nH]c2cc1F.O=C(Nc1cc2c(/C=C/c3ccc(F)cc3)n[nH]c2cc1F)c1cncs1. The Balaban J connectivity index is 0.000000132. The molecule has 106 heavy (non-hydrogen) atoms. The van der Waals surface area contributed by atoms with Gasteiger partial charge in [0, 0.05) is 63.1 Å². The first-order chi connectivity index (χ1) is 51.1. The number of carbonyl (C=O) groups excluding carboxylic acids is 4. The fraction of sp³-hybridized carbons (Fsp3) is 0.163. The maximum Gasteiger partial charge on any atom is 0.267 e. The summed E-state index contributed by atoms with van der Waals surface area (Å²) < 4.78 is 109. The van der Waals surface area contributed by atoms with Gasteiger partial charge in [-0.3, -0.25) is 44.6 Å². The van der Waals surface area contributed by atoms with Crippen molar-refractivity contribution in [1.82, 2.24) is 45.8 Å². The molecular weight excluding hydrogens is 1390 g/mol. The van der Waals surface area contributed by atoms with E-state index in [0.29, 0.717) is 90.0 Å². The zero-order valence-corrected chi connectivity index (χ0v) is 58.0. The van der Waals surface area contributed by atoms with Crippen LogP contribution in [0.1, 0.15) is 115 Å². The van der Waals surface area contributed by atoms with Crippen LogP contribution in [0.3, 0.4) is 0 Å². The lowest BCUT2D eigenvalue weighted by Crippen LogP contribution is -2.22. The molecule has 26 heteroatoms. The molecule has 0 radical (unpaired) electrons. The molecule has 0 aliphatic heterocycles. The number of aromatic amines is 4. The second-order valence-corrected chi connectivity index (χ2v) is 26.5. The molecule has 0 bridgehead atoms. The van der Waals surface area contributed by atoms with Gasteiger partial charge >= 0.3 is 0 Å². The smallest absolute Gasteiger partial charge is 0.267 e. The van der Waals surface area contributed by atoms with Crippen LogP contribution in [0.4, 0.5) is 57.9 Å². The number of hydrogen-bond donors (Lipinski definition) is 8. The van der Waals surface area contributed by atoms with Crippen LogP contribution in [0, 0.1) is 69.7 Å². The van der Waals surface area contributed by atoms with Crippen LogP contribution in [0.15, 0.2) is 157 Å². The molecule has 2 fully saturated rings. The van der Waals surface area contributed by atoms with Crippen LogP contribution in [-0.2, 0) is 14.4 Å². The highest BCUT2D eigenvalue weighted by atomic mass is 32.1. The summed E-state index contributed by atoms with van der Waals surface area (Å²) in [6, 6.07) is 35.7. The molecule has 5 aromatic heterocycles. The highest BCUT2D eigenvalue weighted by Crippen LogP contribution is 2.46. The number of amides is 4. The van der Waals surface area contributed by atoms with E-state index in [2.05, 4.69) is 67.0 Å². The summed E-state index contributed by atoms with van der Waals surface area (Å²) in [5, 5.41) is 41.2. The number of nitrogens with one attached hydrogen (secondary N) is 8. The van der Waals surface area contributed by atoms with E-state index in [1.165, 1.54) is 102 Å². The monoisotopic (exact) mass is 1460 g/mol. The maximum absolute atomic E-state index is 14.3. The molecule has 17 nitrogen and oxygen atoms in total. The molecule has 4 amide bonds. The zero-order chi connectivity index (χ0) is 74.8. The third kappa shape index (κ3) is 18.1. The summed E-state index contributed by atoms with van der Waals surface area (Å²) >= 11 is 1.17. The molecule has 2 atom stereocenters. The molecule has 2 aliphatic rings. The van der Waals surface area contributed by atoms with Gasteiger partial charge in [0.15, 0.2) is 0 Å². The fourth-order valence-corrected chi connectivity index (χ4v) is 11.6. The van der Waals surface area contributed by atoms with Crippen LogP contribution in [0.2, 0.25) is 0 Å². The van der Waals surface area contributed by atoms with E-state index >= 15 is 0 Å². The van der Waals surface area contributed by atoms with Gasteiger partial charge in [-0.15, -0.1) is 11.3 Å². The summed E-state index contributed by atoms with van der Waals surface area (Å²) in [7, 11) is 0. The van der Waals surface area contributed by atoms with Gasteiger partial charge in [0.1, 0.15) is 51.4 Å². The first kappa shape index (κ1) is 73.3. The van der Waals surface area contributed by atoms with Gasteiger partial charge < -0.3 is 21.3 Å². The average Bonchev–Trinajstić information content (AvgIpc) is 1.64. The molecule has 2 aliphatic carbocycles. The van der Waals surface area contributed by atoms with Crippen LogP contribution in [-0.4, -0.2) is 69.4 Å². The zero-order valence-electron chi connectivity index (χ0n) is 57.2. The third-order valence-corrected chi connectivity index (χ3v) is 18.7. The number of fused-ring (bicyclic) bond motifs is 4. The van der Waals surface area contributed by atoms with E-state index in [4.69, 9.17) is 0 Å². The molecular formula is C80H67F8N13O4S. The number of hydrogen-bond acceptors (Lipinski definition) is 10. The summed E-state index contributed by atoms with van der Waals surface area (Å²) in [6.45, 7) is 7.73.